The highest BCUT2D eigenvalue weighted by atomic mass is 35.5. The van der Waals surface area contributed by atoms with Crippen LogP contribution in [0, 0.1) is 0 Å². The van der Waals surface area contributed by atoms with E-state index in [-0.39, 0.29) is 12.5 Å². The van der Waals surface area contributed by atoms with E-state index in [1.54, 1.807) is 16.2 Å². The van der Waals surface area contributed by atoms with Crippen LogP contribution in [0.15, 0.2) is 72.1 Å². The molecular weight excluding hydrogens is 452 g/mol. The maximum atomic E-state index is 12.8. The Bertz CT molecular complexity index is 1310. The Morgan fingerprint density at radius 3 is 2.64 bits per heavy atom. The predicted octanol–water partition coefficient (Wildman–Crippen LogP) is 7.18. The van der Waals surface area contributed by atoms with Crippen molar-refractivity contribution in [3.8, 4) is 27.6 Å². The van der Waals surface area contributed by atoms with E-state index in [1.165, 1.54) is 5.56 Å². The molecule has 0 bridgehead atoms. The number of anilines is 1. The number of carbonyl (C=O) groups excluding carboxylic acids is 1. The molecule has 0 atom stereocenters. The molecule has 0 aliphatic carbocycles. The third-order valence-electron chi connectivity index (χ3n) is 5.79. The molecule has 2 heterocycles. The van der Waals surface area contributed by atoms with E-state index in [0.29, 0.717) is 23.2 Å². The second-order valence-corrected chi connectivity index (χ2v) is 9.63. The summed E-state index contributed by atoms with van der Waals surface area (Å²) in [6.45, 7) is 4.89. The van der Waals surface area contributed by atoms with Crippen molar-refractivity contribution in [2.24, 2.45) is 0 Å². The number of carbonyl (C=O) groups is 1. The molecule has 4 aromatic rings. The zero-order chi connectivity index (χ0) is 22.9. The van der Waals surface area contributed by atoms with Crippen molar-refractivity contribution in [1.29, 1.82) is 0 Å². The van der Waals surface area contributed by atoms with Gasteiger partial charge in [-0.1, -0.05) is 67.9 Å². The van der Waals surface area contributed by atoms with Crippen molar-refractivity contribution in [1.82, 2.24) is 4.98 Å². The van der Waals surface area contributed by atoms with Gasteiger partial charge in [-0.2, -0.15) is 0 Å². The third kappa shape index (κ3) is 4.39. The van der Waals surface area contributed by atoms with Gasteiger partial charge in [0.15, 0.2) is 6.61 Å². The molecule has 166 valence electrons. The van der Waals surface area contributed by atoms with Crippen LogP contribution in [-0.2, 0) is 11.3 Å². The molecule has 4 nitrogen and oxygen atoms in total. The molecule has 5 rings (SSSR count). The van der Waals surface area contributed by atoms with Gasteiger partial charge in [-0.15, -0.1) is 11.3 Å². The maximum Gasteiger partial charge on any atom is 0.265 e. The fourth-order valence-corrected chi connectivity index (χ4v) is 5.04. The first-order valence-electron chi connectivity index (χ1n) is 10.9. The van der Waals surface area contributed by atoms with Crippen LogP contribution in [0.2, 0.25) is 5.02 Å². The molecule has 1 aliphatic rings. The standard InChI is InChI=1S/C27H23ClN2O2S/c1-17(2)19-9-7-18(8-10-19)14-30-24-13-20(11-12-25(24)32-15-26(30)31)23-16-33-27(29-23)21-5-3-4-6-22(21)28/h3-13,16-17H,14-15H2,1-2H3. The van der Waals surface area contributed by atoms with E-state index in [9.17, 15) is 4.79 Å². The maximum absolute atomic E-state index is 12.8. The van der Waals surface area contributed by atoms with Crippen LogP contribution >= 0.6 is 22.9 Å². The van der Waals surface area contributed by atoms with Gasteiger partial charge in [-0.25, -0.2) is 4.98 Å². The summed E-state index contributed by atoms with van der Waals surface area (Å²) in [5.74, 6) is 1.13. The molecule has 0 saturated carbocycles. The topological polar surface area (TPSA) is 42.4 Å². The van der Waals surface area contributed by atoms with Gasteiger partial charge < -0.3 is 9.64 Å². The molecule has 3 aromatic carbocycles. The highest BCUT2D eigenvalue weighted by Gasteiger charge is 2.26. The Labute approximate surface area is 202 Å². The van der Waals surface area contributed by atoms with Crippen molar-refractivity contribution in [2.45, 2.75) is 26.3 Å². The van der Waals surface area contributed by atoms with Crippen molar-refractivity contribution in [2.75, 3.05) is 11.5 Å². The first-order valence-corrected chi connectivity index (χ1v) is 12.1. The molecule has 0 spiro atoms. The van der Waals surface area contributed by atoms with Gasteiger partial charge in [-0.3, -0.25) is 4.79 Å². The lowest BCUT2D eigenvalue weighted by molar-refractivity contribution is -0.121. The van der Waals surface area contributed by atoms with E-state index < -0.39 is 0 Å². The molecule has 0 unspecified atom stereocenters. The van der Waals surface area contributed by atoms with Crippen LogP contribution in [0.5, 0.6) is 5.75 Å². The predicted molar refractivity (Wildman–Crippen MR) is 135 cm³/mol. The summed E-state index contributed by atoms with van der Waals surface area (Å²) in [6.07, 6.45) is 0. The summed E-state index contributed by atoms with van der Waals surface area (Å²) >= 11 is 7.90. The van der Waals surface area contributed by atoms with E-state index >= 15 is 0 Å². The van der Waals surface area contributed by atoms with Crippen LogP contribution in [0.3, 0.4) is 0 Å². The minimum Gasteiger partial charge on any atom is -0.482 e. The van der Waals surface area contributed by atoms with E-state index in [2.05, 4.69) is 38.1 Å². The second kappa shape index (κ2) is 9.00. The Kier molecular flexibility index (Phi) is 5.92. The van der Waals surface area contributed by atoms with Gasteiger partial charge in [-0.05, 0) is 41.3 Å². The number of thiazole rings is 1. The van der Waals surface area contributed by atoms with Crippen LogP contribution in [0.4, 0.5) is 5.69 Å². The number of fused-ring (bicyclic) bond motifs is 1. The first-order chi connectivity index (χ1) is 16.0. The lowest BCUT2D eigenvalue weighted by Crippen LogP contribution is -2.38. The zero-order valence-corrected chi connectivity index (χ0v) is 20.0. The molecule has 1 aliphatic heterocycles. The number of hydrogen-bond acceptors (Lipinski definition) is 4. The van der Waals surface area contributed by atoms with Crippen molar-refractivity contribution < 1.29 is 9.53 Å². The molecule has 0 saturated heterocycles. The summed E-state index contributed by atoms with van der Waals surface area (Å²) in [6, 6.07) is 22.0. The summed E-state index contributed by atoms with van der Waals surface area (Å²) in [7, 11) is 0. The largest absolute Gasteiger partial charge is 0.482 e. The molecule has 1 amide bonds. The van der Waals surface area contributed by atoms with E-state index in [0.717, 1.165) is 33.1 Å². The number of ether oxygens (including phenoxy) is 1. The zero-order valence-electron chi connectivity index (χ0n) is 18.4. The minimum atomic E-state index is -0.0531. The lowest BCUT2D eigenvalue weighted by atomic mass is 10.0. The molecule has 1 aromatic heterocycles. The fraction of sp³-hybridized carbons (Fsp3) is 0.185. The average molecular weight is 475 g/mol. The Morgan fingerprint density at radius 2 is 1.88 bits per heavy atom. The van der Waals surface area contributed by atoms with E-state index in [4.69, 9.17) is 21.3 Å². The highest BCUT2D eigenvalue weighted by Crippen LogP contribution is 2.39. The fourth-order valence-electron chi connectivity index (χ4n) is 3.89. The van der Waals surface area contributed by atoms with Gasteiger partial charge in [0.2, 0.25) is 0 Å². The number of amides is 1. The molecule has 0 fully saturated rings. The van der Waals surface area contributed by atoms with Crippen LogP contribution < -0.4 is 9.64 Å². The van der Waals surface area contributed by atoms with Crippen molar-refractivity contribution in [3.05, 3.63) is 88.3 Å². The number of benzene rings is 3. The summed E-state index contributed by atoms with van der Waals surface area (Å²) in [5, 5.41) is 3.56. The number of hydrogen-bond donors (Lipinski definition) is 0. The highest BCUT2D eigenvalue weighted by molar-refractivity contribution is 7.13. The quantitative estimate of drug-likeness (QED) is 0.307. The number of nitrogens with zero attached hydrogens (tertiary/aromatic N) is 2. The summed E-state index contributed by atoms with van der Waals surface area (Å²) in [4.78, 5) is 19.4. The molecule has 6 heteroatoms. The SMILES string of the molecule is CC(C)c1ccc(CN2C(=O)COc3ccc(-c4csc(-c5ccccc5Cl)n4)cc32)cc1. The van der Waals surface area contributed by atoms with Crippen molar-refractivity contribution in [3.63, 3.8) is 0 Å². The third-order valence-corrected chi connectivity index (χ3v) is 7.00. The van der Waals surface area contributed by atoms with Gasteiger partial charge in [0.25, 0.3) is 5.91 Å². The molecule has 0 radical (unpaired) electrons. The first kappa shape index (κ1) is 21.7. The summed E-state index contributed by atoms with van der Waals surface area (Å²) in [5.41, 5.74) is 5.83. The Hall–Kier alpha value is -3.15. The minimum absolute atomic E-state index is 0.0454. The van der Waals surface area contributed by atoms with Gasteiger partial charge in [0.05, 0.1) is 22.9 Å². The van der Waals surface area contributed by atoms with Crippen LogP contribution in [0.25, 0.3) is 21.8 Å². The lowest BCUT2D eigenvalue weighted by Gasteiger charge is -2.30. The van der Waals surface area contributed by atoms with Gasteiger partial charge in [0, 0.05) is 16.5 Å². The van der Waals surface area contributed by atoms with Crippen LogP contribution in [-0.4, -0.2) is 17.5 Å². The smallest absolute Gasteiger partial charge is 0.265 e. The van der Waals surface area contributed by atoms with Gasteiger partial charge >= 0.3 is 0 Å². The van der Waals surface area contributed by atoms with Crippen molar-refractivity contribution >= 4 is 34.5 Å². The van der Waals surface area contributed by atoms with E-state index in [1.807, 2.05) is 47.8 Å². The molecule has 33 heavy (non-hydrogen) atoms. The Morgan fingerprint density at radius 1 is 1.09 bits per heavy atom. The normalized spacial score (nSPS) is 13.2. The number of halogens is 1. The molecule has 0 N–H and O–H groups in total. The average Bonchev–Trinajstić information content (AvgIpc) is 3.31. The number of aromatic nitrogens is 1. The number of rotatable bonds is 5. The monoisotopic (exact) mass is 474 g/mol. The second-order valence-electron chi connectivity index (χ2n) is 8.37. The Balaban J connectivity index is 1.46. The molecular formula is C27H23ClN2O2S. The van der Waals surface area contributed by atoms with Crippen LogP contribution in [0.1, 0.15) is 30.9 Å². The van der Waals surface area contributed by atoms with Gasteiger partial charge in [0.1, 0.15) is 10.8 Å². The summed E-state index contributed by atoms with van der Waals surface area (Å²) < 4.78 is 5.71.